The van der Waals surface area contributed by atoms with Crippen molar-refractivity contribution in [3.63, 3.8) is 0 Å². The summed E-state index contributed by atoms with van der Waals surface area (Å²) in [6, 6.07) is 10.0. The predicted molar refractivity (Wildman–Crippen MR) is 76.2 cm³/mol. The molecule has 0 radical (unpaired) electrons. The molecule has 1 aromatic rings. The van der Waals surface area contributed by atoms with E-state index in [-0.39, 0.29) is 0 Å². The Morgan fingerprint density at radius 2 is 2.22 bits per heavy atom. The van der Waals surface area contributed by atoms with E-state index in [9.17, 15) is 0 Å². The normalized spacial score (nSPS) is 10.3. The van der Waals surface area contributed by atoms with Crippen LogP contribution in [0.2, 0.25) is 0 Å². The molecule has 0 saturated heterocycles. The summed E-state index contributed by atoms with van der Waals surface area (Å²) in [5.41, 5.74) is 1.94. The highest BCUT2D eigenvalue weighted by atomic mass is 15.1. The Morgan fingerprint density at radius 1 is 1.39 bits per heavy atom. The Kier molecular flexibility index (Phi) is 6.83. The fourth-order valence-electron chi connectivity index (χ4n) is 2.00. The lowest BCUT2D eigenvalue weighted by atomic mass is 10.1. The van der Waals surface area contributed by atoms with Gasteiger partial charge in [0.1, 0.15) is 0 Å². The molecule has 0 saturated carbocycles. The van der Waals surface area contributed by atoms with Gasteiger partial charge >= 0.3 is 0 Å². The first-order chi connectivity index (χ1) is 8.80. The zero-order valence-corrected chi connectivity index (χ0v) is 11.2. The molecule has 0 aromatic heterocycles. The molecular weight excluding hydrogens is 220 g/mol. The Labute approximate surface area is 111 Å². The van der Waals surface area contributed by atoms with Crippen LogP contribution in [0, 0.1) is 11.3 Å². The van der Waals surface area contributed by atoms with Crippen LogP contribution in [0.15, 0.2) is 36.9 Å². The minimum atomic E-state index is 0.736. The zero-order valence-electron chi connectivity index (χ0n) is 11.2. The summed E-state index contributed by atoms with van der Waals surface area (Å²) in [4.78, 5) is 2.37. The van der Waals surface area contributed by atoms with Crippen molar-refractivity contribution in [1.29, 1.82) is 5.26 Å². The summed E-state index contributed by atoms with van der Waals surface area (Å²) in [7, 11) is 0. The van der Waals surface area contributed by atoms with Gasteiger partial charge in [0.2, 0.25) is 0 Å². The second kappa shape index (κ2) is 8.49. The Morgan fingerprint density at radius 3 is 2.89 bits per heavy atom. The maximum atomic E-state index is 8.89. The lowest BCUT2D eigenvalue weighted by Gasteiger charge is -2.20. The highest BCUT2D eigenvalue weighted by Gasteiger charge is 2.04. The quantitative estimate of drug-likeness (QED) is 0.513. The van der Waals surface area contributed by atoms with Crippen LogP contribution >= 0.6 is 0 Å². The minimum Gasteiger partial charge on any atom is -0.295 e. The Balaban J connectivity index is 2.58. The van der Waals surface area contributed by atoms with E-state index in [1.807, 2.05) is 24.3 Å². The molecule has 0 amide bonds. The first kappa shape index (κ1) is 14.5. The predicted octanol–water partition coefficient (Wildman–Crippen LogP) is 3.74. The SMILES string of the molecule is C=CCN(CCCCC)Cc1cccc(C#N)c1. The van der Waals surface area contributed by atoms with Gasteiger partial charge in [-0.2, -0.15) is 5.26 Å². The number of hydrogen-bond acceptors (Lipinski definition) is 2. The molecule has 0 unspecified atom stereocenters. The number of benzene rings is 1. The molecule has 1 aromatic carbocycles. The second-order valence-electron chi connectivity index (χ2n) is 4.54. The lowest BCUT2D eigenvalue weighted by molar-refractivity contribution is 0.287. The molecule has 0 aliphatic heterocycles. The largest absolute Gasteiger partial charge is 0.295 e. The van der Waals surface area contributed by atoms with Gasteiger partial charge in [0.25, 0.3) is 0 Å². The average molecular weight is 242 g/mol. The lowest BCUT2D eigenvalue weighted by Crippen LogP contribution is -2.24. The topological polar surface area (TPSA) is 27.0 Å². The monoisotopic (exact) mass is 242 g/mol. The molecule has 18 heavy (non-hydrogen) atoms. The summed E-state index contributed by atoms with van der Waals surface area (Å²) < 4.78 is 0. The fraction of sp³-hybridized carbons (Fsp3) is 0.438. The van der Waals surface area contributed by atoms with Gasteiger partial charge in [-0.15, -0.1) is 6.58 Å². The highest BCUT2D eigenvalue weighted by molar-refractivity contribution is 5.32. The number of nitriles is 1. The summed E-state index contributed by atoms with van der Waals surface area (Å²) in [5, 5.41) is 8.89. The van der Waals surface area contributed by atoms with Crippen LogP contribution in [0.3, 0.4) is 0 Å². The van der Waals surface area contributed by atoms with E-state index >= 15 is 0 Å². The van der Waals surface area contributed by atoms with Gasteiger partial charge in [0, 0.05) is 13.1 Å². The van der Waals surface area contributed by atoms with Gasteiger partial charge in [0.05, 0.1) is 11.6 Å². The van der Waals surface area contributed by atoms with E-state index in [4.69, 9.17) is 5.26 Å². The van der Waals surface area contributed by atoms with Crippen molar-refractivity contribution in [2.45, 2.75) is 32.7 Å². The third-order valence-corrected chi connectivity index (χ3v) is 2.93. The van der Waals surface area contributed by atoms with Crippen LogP contribution in [-0.2, 0) is 6.54 Å². The molecule has 0 N–H and O–H groups in total. The van der Waals surface area contributed by atoms with Crippen LogP contribution in [0.4, 0.5) is 0 Å². The first-order valence-electron chi connectivity index (χ1n) is 6.62. The van der Waals surface area contributed by atoms with Crippen molar-refractivity contribution in [1.82, 2.24) is 4.90 Å². The van der Waals surface area contributed by atoms with E-state index in [1.165, 1.54) is 24.8 Å². The third-order valence-electron chi connectivity index (χ3n) is 2.93. The van der Waals surface area contributed by atoms with Crippen molar-refractivity contribution in [2.75, 3.05) is 13.1 Å². The maximum Gasteiger partial charge on any atom is 0.0991 e. The van der Waals surface area contributed by atoms with Crippen LogP contribution in [-0.4, -0.2) is 18.0 Å². The summed E-state index contributed by atoms with van der Waals surface area (Å²) in [6.07, 6.45) is 5.68. The molecular formula is C16H22N2. The van der Waals surface area contributed by atoms with Gasteiger partial charge in [-0.25, -0.2) is 0 Å². The van der Waals surface area contributed by atoms with Crippen LogP contribution in [0.25, 0.3) is 0 Å². The van der Waals surface area contributed by atoms with Gasteiger partial charge in [-0.3, -0.25) is 4.90 Å². The van der Waals surface area contributed by atoms with Crippen molar-refractivity contribution in [3.05, 3.63) is 48.0 Å². The third kappa shape index (κ3) is 5.16. The van der Waals surface area contributed by atoms with Crippen LogP contribution in [0.1, 0.15) is 37.3 Å². The molecule has 0 atom stereocenters. The standard InChI is InChI=1S/C16H22N2/c1-3-5-6-11-18(10-4-2)14-16-9-7-8-15(12-16)13-17/h4,7-9,12H,2-3,5-6,10-11,14H2,1H3. The molecule has 0 heterocycles. The number of unbranched alkanes of at least 4 members (excludes halogenated alkanes) is 2. The first-order valence-corrected chi connectivity index (χ1v) is 6.62. The van der Waals surface area contributed by atoms with Crippen LogP contribution in [0.5, 0.6) is 0 Å². The highest BCUT2D eigenvalue weighted by Crippen LogP contribution is 2.09. The number of hydrogen-bond donors (Lipinski definition) is 0. The van der Waals surface area contributed by atoms with Gasteiger partial charge < -0.3 is 0 Å². The second-order valence-corrected chi connectivity index (χ2v) is 4.54. The zero-order chi connectivity index (χ0) is 13.2. The fourth-order valence-corrected chi connectivity index (χ4v) is 2.00. The molecule has 0 fully saturated rings. The average Bonchev–Trinajstić information content (AvgIpc) is 2.39. The maximum absolute atomic E-state index is 8.89. The molecule has 2 nitrogen and oxygen atoms in total. The molecule has 0 aliphatic carbocycles. The van der Waals surface area contributed by atoms with Crippen LogP contribution < -0.4 is 0 Å². The summed E-state index contributed by atoms with van der Waals surface area (Å²) >= 11 is 0. The molecule has 0 bridgehead atoms. The Bertz CT molecular complexity index is 404. The summed E-state index contributed by atoms with van der Waals surface area (Å²) in [6.45, 7) is 8.92. The number of nitrogens with zero attached hydrogens (tertiary/aromatic N) is 2. The minimum absolute atomic E-state index is 0.736. The van der Waals surface area contributed by atoms with E-state index in [2.05, 4.69) is 30.5 Å². The smallest absolute Gasteiger partial charge is 0.0991 e. The number of rotatable bonds is 8. The van der Waals surface area contributed by atoms with Crippen molar-refractivity contribution in [2.24, 2.45) is 0 Å². The Hall–Kier alpha value is -1.59. The van der Waals surface area contributed by atoms with Gasteiger partial charge in [-0.1, -0.05) is 38.0 Å². The van der Waals surface area contributed by atoms with E-state index < -0.39 is 0 Å². The molecule has 2 heteroatoms. The molecule has 96 valence electrons. The van der Waals surface area contributed by atoms with E-state index in [0.717, 1.165) is 25.2 Å². The van der Waals surface area contributed by atoms with E-state index in [1.54, 1.807) is 0 Å². The van der Waals surface area contributed by atoms with Crippen molar-refractivity contribution >= 4 is 0 Å². The molecule has 0 aliphatic rings. The van der Waals surface area contributed by atoms with E-state index in [0.29, 0.717) is 0 Å². The summed E-state index contributed by atoms with van der Waals surface area (Å²) in [5.74, 6) is 0. The van der Waals surface area contributed by atoms with Gasteiger partial charge in [0.15, 0.2) is 0 Å². The van der Waals surface area contributed by atoms with Gasteiger partial charge in [-0.05, 0) is 30.7 Å². The molecule has 1 rings (SSSR count). The molecule has 0 spiro atoms. The van der Waals surface area contributed by atoms with Crippen molar-refractivity contribution < 1.29 is 0 Å². The van der Waals surface area contributed by atoms with Crippen molar-refractivity contribution in [3.8, 4) is 6.07 Å².